The molecular formula is C29H35FN4O6. The number of rotatable bonds is 13. The molecule has 0 aliphatic carbocycles. The fourth-order valence-electron chi connectivity index (χ4n) is 4.08. The smallest absolute Gasteiger partial charge is 0.350 e. The van der Waals surface area contributed by atoms with E-state index in [-0.39, 0.29) is 37.0 Å². The van der Waals surface area contributed by atoms with Crippen LogP contribution in [0.15, 0.2) is 59.0 Å². The number of carbonyl (C=O) groups is 2. The lowest BCUT2D eigenvalue weighted by atomic mass is 9.89. The van der Waals surface area contributed by atoms with E-state index >= 15 is 4.39 Å². The van der Waals surface area contributed by atoms with E-state index in [9.17, 15) is 14.4 Å². The predicted molar refractivity (Wildman–Crippen MR) is 145 cm³/mol. The van der Waals surface area contributed by atoms with Gasteiger partial charge in [-0.15, -0.1) is 5.10 Å². The second-order valence-electron chi connectivity index (χ2n) is 9.18. The first-order valence-corrected chi connectivity index (χ1v) is 13.2. The summed E-state index contributed by atoms with van der Waals surface area (Å²) in [6.07, 6.45) is 2.41. The van der Waals surface area contributed by atoms with Crippen molar-refractivity contribution in [1.29, 1.82) is 0 Å². The molecule has 0 aliphatic rings. The van der Waals surface area contributed by atoms with Gasteiger partial charge in [0.1, 0.15) is 17.9 Å². The number of hydrogen-bond acceptors (Lipinski definition) is 8. The van der Waals surface area contributed by atoms with Gasteiger partial charge >= 0.3 is 17.6 Å². The van der Waals surface area contributed by atoms with Crippen LogP contribution in [-0.4, -0.2) is 44.5 Å². The highest BCUT2D eigenvalue weighted by Gasteiger charge is 2.27. The Hall–Kier alpha value is -4.12. The number of nitrogens with zero attached hydrogens (tertiary/aromatic N) is 4. The van der Waals surface area contributed by atoms with E-state index < -0.39 is 29.4 Å². The number of ether oxygens (including phenoxy) is 3. The normalized spacial score (nSPS) is 11.8. The summed E-state index contributed by atoms with van der Waals surface area (Å²) < 4.78 is 33.3. The summed E-state index contributed by atoms with van der Waals surface area (Å²) in [6.45, 7) is 9.58. The molecule has 11 heteroatoms. The molecule has 3 aromatic rings. The topological polar surface area (TPSA) is 115 Å². The molecule has 214 valence electrons. The fraction of sp³-hybridized carbons (Fsp3) is 0.414. The van der Waals surface area contributed by atoms with Crippen molar-refractivity contribution in [2.24, 2.45) is 5.92 Å². The zero-order chi connectivity index (χ0) is 29.2. The number of hydrogen-bond donors (Lipinski definition) is 0. The van der Waals surface area contributed by atoms with Crippen LogP contribution < -0.4 is 5.69 Å². The molecule has 2 aromatic heterocycles. The summed E-state index contributed by atoms with van der Waals surface area (Å²) in [6, 6.07) is 11.0. The molecule has 1 unspecified atom stereocenters. The Morgan fingerprint density at radius 1 is 1.02 bits per heavy atom. The average molecular weight is 555 g/mol. The number of pyridine rings is 1. The first kappa shape index (κ1) is 30.4. The van der Waals surface area contributed by atoms with Gasteiger partial charge in [0.25, 0.3) is 0 Å². The van der Waals surface area contributed by atoms with Crippen molar-refractivity contribution in [3.8, 4) is 5.69 Å². The molecule has 0 fully saturated rings. The number of aromatic nitrogens is 4. The van der Waals surface area contributed by atoms with Gasteiger partial charge in [-0.25, -0.2) is 18.8 Å². The molecule has 0 aliphatic heterocycles. The number of esters is 2. The van der Waals surface area contributed by atoms with Crippen LogP contribution in [0.2, 0.25) is 0 Å². The number of carbonyl (C=O) groups excluding carboxylic acids is 2. The Bertz CT molecular complexity index is 1380. The van der Waals surface area contributed by atoms with Gasteiger partial charge in [0.05, 0.1) is 26.0 Å². The van der Waals surface area contributed by atoms with Gasteiger partial charge in [0.15, 0.2) is 11.6 Å². The standard InChI is InChI=1S/C29H35FN4O6/c1-6-33-26(18-38-17-20-12-10-9-11-13-20)32-34(29(33)37)25-15-24(31-16-23(25)30)21(19(4)5)14-22(27(35)39-7-2)28(36)40-8-3/h9-16,19,21H,6-8,17-18H2,1-5H3. The quantitative estimate of drug-likeness (QED) is 0.134. The van der Waals surface area contributed by atoms with Crippen molar-refractivity contribution in [2.75, 3.05) is 13.2 Å². The number of allylic oxidation sites excluding steroid dienone is 1. The van der Waals surface area contributed by atoms with Gasteiger partial charge in [0.2, 0.25) is 0 Å². The average Bonchev–Trinajstić information content (AvgIpc) is 3.25. The third-order valence-corrected chi connectivity index (χ3v) is 6.08. The molecule has 0 bridgehead atoms. The van der Waals surface area contributed by atoms with Crippen molar-refractivity contribution in [3.05, 3.63) is 87.6 Å². The minimum Gasteiger partial charge on any atom is -0.462 e. The van der Waals surface area contributed by atoms with Gasteiger partial charge in [-0.1, -0.05) is 50.3 Å². The van der Waals surface area contributed by atoms with Gasteiger partial charge in [-0.05, 0) is 38.3 Å². The Kier molecular flexibility index (Phi) is 10.9. The maximum atomic E-state index is 15.1. The van der Waals surface area contributed by atoms with E-state index in [0.29, 0.717) is 24.7 Å². The summed E-state index contributed by atoms with van der Waals surface area (Å²) in [5.41, 5.74) is 0.374. The second kappa shape index (κ2) is 14.3. The van der Waals surface area contributed by atoms with E-state index in [2.05, 4.69) is 10.1 Å². The molecule has 0 saturated heterocycles. The van der Waals surface area contributed by atoms with Crippen LogP contribution in [0.25, 0.3) is 5.69 Å². The van der Waals surface area contributed by atoms with Crippen molar-refractivity contribution < 1.29 is 28.2 Å². The second-order valence-corrected chi connectivity index (χ2v) is 9.18. The highest BCUT2D eigenvalue weighted by Crippen LogP contribution is 2.28. The maximum Gasteiger partial charge on any atom is 0.350 e. The molecule has 2 heterocycles. The van der Waals surface area contributed by atoms with Crippen molar-refractivity contribution in [3.63, 3.8) is 0 Å². The lowest BCUT2D eigenvalue weighted by molar-refractivity contribution is -0.146. The van der Waals surface area contributed by atoms with Crippen LogP contribution in [-0.2, 0) is 43.6 Å². The minimum atomic E-state index is -0.827. The van der Waals surface area contributed by atoms with E-state index in [1.807, 2.05) is 44.2 Å². The zero-order valence-corrected chi connectivity index (χ0v) is 23.4. The lowest BCUT2D eigenvalue weighted by Crippen LogP contribution is -2.25. The molecule has 0 amide bonds. The van der Waals surface area contributed by atoms with Gasteiger partial charge in [0, 0.05) is 18.2 Å². The van der Waals surface area contributed by atoms with E-state index in [1.165, 1.54) is 16.7 Å². The molecule has 0 spiro atoms. The highest BCUT2D eigenvalue weighted by atomic mass is 19.1. The van der Waals surface area contributed by atoms with Crippen LogP contribution in [0.3, 0.4) is 0 Å². The molecule has 0 saturated carbocycles. The molecule has 1 aromatic carbocycles. The molecule has 40 heavy (non-hydrogen) atoms. The summed E-state index contributed by atoms with van der Waals surface area (Å²) in [5, 5.41) is 4.36. The third-order valence-electron chi connectivity index (χ3n) is 6.08. The van der Waals surface area contributed by atoms with E-state index in [1.54, 1.807) is 20.8 Å². The molecule has 0 radical (unpaired) electrons. The third kappa shape index (κ3) is 7.29. The van der Waals surface area contributed by atoms with Crippen molar-refractivity contribution in [2.45, 2.75) is 60.3 Å². The minimum absolute atomic E-state index is 0.0460. The summed E-state index contributed by atoms with van der Waals surface area (Å²) in [7, 11) is 0. The summed E-state index contributed by atoms with van der Waals surface area (Å²) in [5.74, 6) is -2.85. The van der Waals surface area contributed by atoms with Crippen LogP contribution in [0.1, 0.15) is 57.6 Å². The molecular weight excluding hydrogens is 519 g/mol. The molecule has 0 N–H and O–H groups in total. The van der Waals surface area contributed by atoms with Crippen LogP contribution in [0, 0.1) is 11.7 Å². The largest absolute Gasteiger partial charge is 0.462 e. The Balaban J connectivity index is 2.00. The first-order chi connectivity index (χ1) is 19.2. The maximum absolute atomic E-state index is 15.1. The molecule has 3 rings (SSSR count). The molecule has 10 nitrogen and oxygen atoms in total. The van der Waals surface area contributed by atoms with Crippen LogP contribution in [0.5, 0.6) is 0 Å². The summed E-state index contributed by atoms with van der Waals surface area (Å²) >= 11 is 0. The Morgan fingerprint density at radius 3 is 2.25 bits per heavy atom. The van der Waals surface area contributed by atoms with Crippen LogP contribution >= 0.6 is 0 Å². The van der Waals surface area contributed by atoms with Gasteiger partial charge in [-0.3, -0.25) is 9.55 Å². The SMILES string of the molecule is CCOC(=O)C(=CC(c1cc(-n2nc(COCc3ccccc3)n(CC)c2=O)c(F)cn1)C(C)C)C(=O)OCC. The lowest BCUT2D eigenvalue weighted by Gasteiger charge is -2.19. The number of halogens is 1. The van der Waals surface area contributed by atoms with E-state index in [4.69, 9.17) is 14.2 Å². The number of benzene rings is 1. The summed E-state index contributed by atoms with van der Waals surface area (Å²) in [4.78, 5) is 42.5. The van der Waals surface area contributed by atoms with E-state index in [0.717, 1.165) is 16.4 Å². The van der Waals surface area contributed by atoms with Crippen molar-refractivity contribution >= 4 is 11.9 Å². The Morgan fingerprint density at radius 2 is 1.68 bits per heavy atom. The monoisotopic (exact) mass is 554 g/mol. The highest BCUT2D eigenvalue weighted by molar-refractivity contribution is 6.14. The Labute approximate surface area is 232 Å². The van der Waals surface area contributed by atoms with Crippen LogP contribution in [0.4, 0.5) is 4.39 Å². The van der Waals surface area contributed by atoms with Gasteiger partial charge in [-0.2, -0.15) is 4.68 Å². The van der Waals surface area contributed by atoms with Crippen molar-refractivity contribution in [1.82, 2.24) is 19.3 Å². The fourth-order valence-corrected chi connectivity index (χ4v) is 4.08. The molecule has 1 atom stereocenters. The predicted octanol–water partition coefficient (Wildman–Crippen LogP) is 4.10. The van der Waals surface area contributed by atoms with Gasteiger partial charge < -0.3 is 14.2 Å². The first-order valence-electron chi connectivity index (χ1n) is 13.2. The zero-order valence-electron chi connectivity index (χ0n) is 23.4.